The van der Waals surface area contributed by atoms with Gasteiger partial charge in [0.2, 0.25) is 0 Å². The Morgan fingerprint density at radius 1 is 1.25 bits per heavy atom. The summed E-state index contributed by atoms with van der Waals surface area (Å²) in [6, 6.07) is 12.7. The number of benzene rings is 1. The second-order valence-corrected chi connectivity index (χ2v) is 4.70. The molecule has 5 nitrogen and oxygen atoms in total. The molecular weight excluding hydrogens is 256 g/mol. The predicted octanol–water partition coefficient (Wildman–Crippen LogP) is 2.59. The highest BCUT2D eigenvalue weighted by atomic mass is 16.4. The van der Waals surface area contributed by atoms with Crippen LogP contribution >= 0.6 is 0 Å². The Kier molecular flexibility index (Phi) is 3.02. The Hall–Kier alpha value is -2.56. The van der Waals surface area contributed by atoms with E-state index in [0.717, 1.165) is 5.69 Å². The van der Waals surface area contributed by atoms with Gasteiger partial charge in [-0.2, -0.15) is 5.10 Å². The van der Waals surface area contributed by atoms with E-state index in [-0.39, 0.29) is 6.04 Å². The topological polar surface area (TPSA) is 66.0 Å². The molecule has 1 aliphatic heterocycles. The minimum Gasteiger partial charge on any atom is -0.481 e. The van der Waals surface area contributed by atoms with Crippen molar-refractivity contribution in [2.45, 2.75) is 13.0 Å². The number of furan rings is 1. The highest BCUT2D eigenvalue weighted by Crippen LogP contribution is 2.30. The van der Waals surface area contributed by atoms with Crippen molar-refractivity contribution in [2.24, 2.45) is 11.0 Å². The van der Waals surface area contributed by atoms with Crippen molar-refractivity contribution in [3.05, 3.63) is 54.5 Å². The van der Waals surface area contributed by atoms with Crippen molar-refractivity contribution in [2.75, 3.05) is 5.01 Å². The number of carboxylic acid groups (broad SMARTS) is 1. The van der Waals surface area contributed by atoms with Crippen molar-refractivity contribution in [1.82, 2.24) is 0 Å². The van der Waals surface area contributed by atoms with Crippen molar-refractivity contribution < 1.29 is 14.3 Å². The molecule has 1 aliphatic rings. The summed E-state index contributed by atoms with van der Waals surface area (Å²) in [5.41, 5.74) is 1.33. The van der Waals surface area contributed by atoms with Crippen LogP contribution in [0.5, 0.6) is 0 Å². The summed E-state index contributed by atoms with van der Waals surface area (Å²) in [6.45, 7) is 1.85. The van der Waals surface area contributed by atoms with Crippen LogP contribution in [-0.2, 0) is 4.79 Å². The molecule has 102 valence electrons. The number of aliphatic carboxylic acids is 1. The Labute approximate surface area is 116 Å². The van der Waals surface area contributed by atoms with Crippen LogP contribution in [0.3, 0.4) is 0 Å². The van der Waals surface area contributed by atoms with Gasteiger partial charge < -0.3 is 9.52 Å². The van der Waals surface area contributed by atoms with E-state index in [1.807, 2.05) is 37.3 Å². The van der Waals surface area contributed by atoms with E-state index in [1.54, 1.807) is 17.1 Å². The lowest BCUT2D eigenvalue weighted by molar-refractivity contribution is -0.139. The number of nitrogens with zero attached hydrogens (tertiary/aromatic N) is 2. The number of carboxylic acids is 1. The summed E-state index contributed by atoms with van der Waals surface area (Å²) in [6.07, 6.45) is 1.52. The molecule has 0 radical (unpaired) electrons. The number of hydrogen-bond acceptors (Lipinski definition) is 4. The molecule has 0 unspecified atom stereocenters. The highest BCUT2D eigenvalue weighted by molar-refractivity contribution is 6.12. The summed E-state index contributed by atoms with van der Waals surface area (Å²) in [4.78, 5) is 11.5. The average molecular weight is 270 g/mol. The summed E-state index contributed by atoms with van der Waals surface area (Å²) in [7, 11) is 0. The molecule has 0 bridgehead atoms. The van der Waals surface area contributed by atoms with Crippen molar-refractivity contribution in [1.29, 1.82) is 0 Å². The second-order valence-electron chi connectivity index (χ2n) is 4.70. The lowest BCUT2D eigenvalue weighted by Gasteiger charge is -2.22. The summed E-state index contributed by atoms with van der Waals surface area (Å²) in [5.74, 6) is -1.10. The van der Waals surface area contributed by atoms with Crippen LogP contribution in [0.25, 0.3) is 0 Å². The summed E-state index contributed by atoms with van der Waals surface area (Å²) < 4.78 is 5.31. The fourth-order valence-electron chi connectivity index (χ4n) is 2.46. The van der Waals surface area contributed by atoms with Crippen LogP contribution in [0, 0.1) is 5.92 Å². The lowest BCUT2D eigenvalue weighted by Crippen LogP contribution is -2.35. The van der Waals surface area contributed by atoms with Gasteiger partial charge in [0.25, 0.3) is 0 Å². The molecule has 2 heterocycles. The largest absolute Gasteiger partial charge is 0.481 e. The fourth-order valence-corrected chi connectivity index (χ4v) is 2.46. The number of para-hydroxylation sites is 1. The lowest BCUT2D eigenvalue weighted by atomic mass is 9.95. The van der Waals surface area contributed by atoms with Crippen molar-refractivity contribution in [3.63, 3.8) is 0 Å². The molecule has 2 aromatic rings. The second kappa shape index (κ2) is 4.85. The molecule has 0 aliphatic carbocycles. The Morgan fingerprint density at radius 3 is 2.60 bits per heavy atom. The molecule has 0 saturated carbocycles. The third-order valence-corrected chi connectivity index (χ3v) is 3.44. The Balaban J connectivity index is 2.04. The first-order chi connectivity index (χ1) is 9.68. The van der Waals surface area contributed by atoms with E-state index in [9.17, 15) is 9.90 Å². The minimum absolute atomic E-state index is 0.269. The SMILES string of the molecule is C[C@H]1[C@H](C(=O)O)C(c2ccco2)=NN1c1ccccc1. The van der Waals surface area contributed by atoms with Gasteiger partial charge in [0.05, 0.1) is 18.0 Å². The molecule has 1 aromatic carbocycles. The monoisotopic (exact) mass is 270 g/mol. The van der Waals surface area contributed by atoms with Gasteiger partial charge in [0.15, 0.2) is 5.76 Å². The fraction of sp³-hybridized carbons (Fsp3) is 0.200. The molecule has 0 fully saturated rings. The summed E-state index contributed by atoms with van der Waals surface area (Å²) in [5, 5.41) is 15.7. The van der Waals surface area contributed by atoms with Gasteiger partial charge in [-0.1, -0.05) is 18.2 Å². The molecule has 5 heteroatoms. The van der Waals surface area contributed by atoms with Crippen LogP contribution < -0.4 is 5.01 Å². The van der Waals surface area contributed by atoms with Gasteiger partial charge in [-0.25, -0.2) is 0 Å². The minimum atomic E-state index is -0.897. The number of anilines is 1. The molecule has 2 atom stereocenters. The predicted molar refractivity (Wildman–Crippen MR) is 74.8 cm³/mol. The van der Waals surface area contributed by atoms with E-state index < -0.39 is 11.9 Å². The Bertz CT molecular complexity index is 634. The zero-order chi connectivity index (χ0) is 14.1. The van der Waals surface area contributed by atoms with E-state index >= 15 is 0 Å². The van der Waals surface area contributed by atoms with Gasteiger partial charge in [-0.05, 0) is 31.2 Å². The number of carbonyl (C=O) groups is 1. The van der Waals surface area contributed by atoms with Gasteiger partial charge >= 0.3 is 5.97 Å². The third kappa shape index (κ3) is 1.97. The van der Waals surface area contributed by atoms with Crippen LogP contribution in [-0.4, -0.2) is 22.8 Å². The maximum Gasteiger partial charge on any atom is 0.315 e. The maximum absolute atomic E-state index is 11.5. The van der Waals surface area contributed by atoms with Gasteiger partial charge in [0.1, 0.15) is 11.6 Å². The van der Waals surface area contributed by atoms with E-state index in [1.165, 1.54) is 6.26 Å². The summed E-state index contributed by atoms with van der Waals surface area (Å²) >= 11 is 0. The number of rotatable bonds is 3. The van der Waals surface area contributed by atoms with Crippen LogP contribution in [0.2, 0.25) is 0 Å². The molecule has 3 rings (SSSR count). The van der Waals surface area contributed by atoms with Crippen LogP contribution in [0.4, 0.5) is 5.69 Å². The standard InChI is InChI=1S/C15H14N2O3/c1-10-13(15(18)19)14(12-8-5-9-20-12)16-17(10)11-6-3-2-4-7-11/h2-10,13H,1H3,(H,18,19)/t10-,13-/m0/s1. The van der Waals surface area contributed by atoms with Crippen molar-refractivity contribution >= 4 is 17.4 Å². The molecule has 0 amide bonds. The highest BCUT2D eigenvalue weighted by Gasteiger charge is 2.41. The van der Waals surface area contributed by atoms with E-state index in [4.69, 9.17) is 4.42 Å². The zero-order valence-corrected chi connectivity index (χ0v) is 10.9. The quantitative estimate of drug-likeness (QED) is 0.931. The molecule has 20 heavy (non-hydrogen) atoms. The number of hydrogen-bond donors (Lipinski definition) is 1. The smallest absolute Gasteiger partial charge is 0.315 e. The first-order valence-electron chi connectivity index (χ1n) is 6.38. The van der Waals surface area contributed by atoms with Crippen molar-refractivity contribution in [3.8, 4) is 0 Å². The molecule has 0 spiro atoms. The molecule has 0 saturated heterocycles. The number of hydrazone groups is 1. The molecule has 1 N–H and O–H groups in total. The van der Waals surface area contributed by atoms with Gasteiger partial charge in [-0.15, -0.1) is 0 Å². The Morgan fingerprint density at radius 2 is 2.00 bits per heavy atom. The van der Waals surface area contributed by atoms with Gasteiger partial charge in [0, 0.05) is 0 Å². The first-order valence-corrected chi connectivity index (χ1v) is 6.38. The maximum atomic E-state index is 11.5. The molecule has 1 aromatic heterocycles. The first kappa shape index (κ1) is 12.5. The zero-order valence-electron chi connectivity index (χ0n) is 10.9. The average Bonchev–Trinajstić information content (AvgIpc) is 3.06. The van der Waals surface area contributed by atoms with Crippen LogP contribution in [0.15, 0.2) is 58.2 Å². The van der Waals surface area contributed by atoms with Crippen LogP contribution in [0.1, 0.15) is 12.7 Å². The normalized spacial score (nSPS) is 21.9. The van der Waals surface area contributed by atoms with E-state index in [2.05, 4.69) is 5.10 Å². The van der Waals surface area contributed by atoms with Gasteiger partial charge in [-0.3, -0.25) is 9.80 Å². The molecular formula is C15H14N2O3. The third-order valence-electron chi connectivity index (χ3n) is 3.44. The van der Waals surface area contributed by atoms with E-state index in [0.29, 0.717) is 11.5 Å².